The van der Waals surface area contributed by atoms with E-state index in [1.54, 1.807) is 18.2 Å². The van der Waals surface area contributed by atoms with Gasteiger partial charge in [0.05, 0.1) is 14.2 Å². The first-order valence-corrected chi connectivity index (χ1v) is 8.61. The van der Waals surface area contributed by atoms with Crippen molar-refractivity contribution in [3.05, 3.63) is 30.0 Å². The van der Waals surface area contributed by atoms with Gasteiger partial charge in [-0.05, 0) is 25.0 Å². The fourth-order valence-corrected chi connectivity index (χ4v) is 2.06. The van der Waals surface area contributed by atoms with Crippen molar-refractivity contribution in [3.63, 3.8) is 0 Å². The number of nitrogens with zero attached hydrogens (tertiary/aromatic N) is 1. The number of anilines is 1. The van der Waals surface area contributed by atoms with Crippen molar-refractivity contribution in [2.24, 2.45) is 0 Å². The maximum absolute atomic E-state index is 12.2. The molecule has 0 aliphatic heterocycles. The van der Waals surface area contributed by atoms with E-state index in [0.29, 0.717) is 30.3 Å². The lowest BCUT2D eigenvalue weighted by atomic mass is 10.2. The summed E-state index contributed by atoms with van der Waals surface area (Å²) in [5, 5.41) is 14.8. The van der Waals surface area contributed by atoms with Crippen LogP contribution in [0, 0.1) is 11.3 Å². The van der Waals surface area contributed by atoms with Crippen LogP contribution in [-0.2, 0) is 9.53 Å². The molecule has 0 radical (unpaired) electrons. The minimum atomic E-state index is -0.494. The van der Waals surface area contributed by atoms with Crippen LogP contribution >= 0.6 is 0 Å². The molecule has 142 valence electrons. The van der Waals surface area contributed by atoms with Gasteiger partial charge in [0, 0.05) is 37.7 Å². The molecule has 7 nitrogen and oxygen atoms in total. The van der Waals surface area contributed by atoms with Gasteiger partial charge in [0.25, 0.3) is 5.91 Å². The van der Waals surface area contributed by atoms with Crippen molar-refractivity contribution in [3.8, 4) is 17.6 Å². The predicted octanol–water partition coefficient (Wildman–Crippen LogP) is 2.85. The number of ether oxygens (including phenoxy) is 3. The van der Waals surface area contributed by atoms with Crippen LogP contribution in [0.3, 0.4) is 0 Å². The summed E-state index contributed by atoms with van der Waals surface area (Å²) in [7, 11) is 3.05. The molecule has 0 spiro atoms. The van der Waals surface area contributed by atoms with E-state index in [2.05, 4.69) is 17.6 Å². The first kappa shape index (κ1) is 21.3. The van der Waals surface area contributed by atoms with Gasteiger partial charge in [0.1, 0.15) is 11.6 Å². The van der Waals surface area contributed by atoms with Crippen molar-refractivity contribution in [2.75, 3.05) is 39.3 Å². The number of hydrogen-bond acceptors (Lipinski definition) is 6. The zero-order chi connectivity index (χ0) is 19.2. The predicted molar refractivity (Wildman–Crippen MR) is 100 cm³/mol. The van der Waals surface area contributed by atoms with Crippen LogP contribution in [0.25, 0.3) is 0 Å². The Morgan fingerprint density at radius 3 is 2.58 bits per heavy atom. The first-order valence-electron chi connectivity index (χ1n) is 8.61. The summed E-state index contributed by atoms with van der Waals surface area (Å²) in [5.74, 6) is 0.560. The molecule has 0 atom stereocenters. The van der Waals surface area contributed by atoms with Crippen molar-refractivity contribution >= 4 is 11.6 Å². The topological polar surface area (TPSA) is 92.6 Å². The Bertz CT molecular complexity index is 638. The second-order valence-electron chi connectivity index (χ2n) is 5.47. The Morgan fingerprint density at radius 1 is 1.19 bits per heavy atom. The van der Waals surface area contributed by atoms with Crippen LogP contribution in [-0.4, -0.2) is 39.9 Å². The normalized spacial score (nSPS) is 10.8. The first-order chi connectivity index (χ1) is 12.7. The van der Waals surface area contributed by atoms with E-state index in [9.17, 15) is 4.79 Å². The van der Waals surface area contributed by atoms with Crippen molar-refractivity contribution < 1.29 is 19.0 Å². The molecule has 0 heterocycles. The van der Waals surface area contributed by atoms with Crippen molar-refractivity contribution in [2.45, 2.75) is 26.2 Å². The number of nitrogens with one attached hydrogen (secondary N) is 2. The third-order valence-corrected chi connectivity index (χ3v) is 3.50. The quantitative estimate of drug-likeness (QED) is 0.338. The van der Waals surface area contributed by atoms with E-state index in [1.165, 1.54) is 20.4 Å². The zero-order valence-electron chi connectivity index (χ0n) is 15.6. The minimum Gasteiger partial charge on any atom is -0.493 e. The van der Waals surface area contributed by atoms with Gasteiger partial charge in [-0.15, -0.1) is 0 Å². The molecule has 0 saturated carbocycles. The molecule has 1 aromatic rings. The van der Waals surface area contributed by atoms with Gasteiger partial charge >= 0.3 is 0 Å². The molecule has 0 aliphatic carbocycles. The maximum atomic E-state index is 12.2. The van der Waals surface area contributed by atoms with Crippen LogP contribution in [0.2, 0.25) is 0 Å². The summed E-state index contributed by atoms with van der Waals surface area (Å²) in [4.78, 5) is 12.2. The van der Waals surface area contributed by atoms with Crippen LogP contribution < -0.4 is 20.1 Å². The van der Waals surface area contributed by atoms with E-state index in [0.717, 1.165) is 25.9 Å². The van der Waals surface area contributed by atoms with Crippen molar-refractivity contribution in [1.82, 2.24) is 5.32 Å². The summed E-state index contributed by atoms with van der Waals surface area (Å²) in [5.41, 5.74) is 0.504. The van der Waals surface area contributed by atoms with Gasteiger partial charge in [-0.25, -0.2) is 0 Å². The number of methoxy groups -OCH3 is 2. The van der Waals surface area contributed by atoms with Gasteiger partial charge in [0.2, 0.25) is 0 Å². The summed E-state index contributed by atoms with van der Waals surface area (Å²) < 4.78 is 15.8. The molecule has 0 fully saturated rings. The van der Waals surface area contributed by atoms with Gasteiger partial charge in [0.15, 0.2) is 11.5 Å². The molecule has 0 aliphatic rings. The largest absolute Gasteiger partial charge is 0.493 e. The van der Waals surface area contributed by atoms with Gasteiger partial charge in [-0.1, -0.05) is 13.3 Å². The van der Waals surface area contributed by atoms with E-state index >= 15 is 0 Å². The summed E-state index contributed by atoms with van der Waals surface area (Å²) in [6.45, 7) is 4.16. The fraction of sp³-hybridized carbons (Fsp3) is 0.474. The maximum Gasteiger partial charge on any atom is 0.267 e. The monoisotopic (exact) mass is 361 g/mol. The molecule has 0 bridgehead atoms. The number of amides is 1. The number of hydrogen-bond donors (Lipinski definition) is 2. The van der Waals surface area contributed by atoms with Crippen LogP contribution in [0.1, 0.15) is 26.2 Å². The number of rotatable bonds is 12. The molecule has 0 aromatic heterocycles. The van der Waals surface area contributed by atoms with Gasteiger partial charge < -0.3 is 24.8 Å². The second kappa shape index (κ2) is 12.6. The lowest BCUT2D eigenvalue weighted by Crippen LogP contribution is -2.18. The average molecular weight is 361 g/mol. The molecular formula is C19H27N3O4. The Morgan fingerprint density at radius 2 is 1.92 bits per heavy atom. The minimum absolute atomic E-state index is 0.00770. The Balaban J connectivity index is 2.49. The highest BCUT2D eigenvalue weighted by molar-refractivity contribution is 6.06. The molecular weight excluding hydrogens is 334 g/mol. The molecule has 0 unspecified atom stereocenters. The standard InChI is InChI=1S/C19H27N3O4/c1-4-5-10-26-11-6-9-21-14-15(13-20)19(23)22-16-7-8-17(24-2)18(12-16)25-3/h7-8,12,14,21H,4-6,9-11H2,1-3H3,(H,22,23)/b15-14-. The number of benzene rings is 1. The van der Waals surface area contributed by atoms with Crippen LogP contribution in [0.15, 0.2) is 30.0 Å². The van der Waals surface area contributed by atoms with Crippen molar-refractivity contribution in [1.29, 1.82) is 5.26 Å². The molecule has 1 aromatic carbocycles. The van der Waals surface area contributed by atoms with Crippen LogP contribution in [0.5, 0.6) is 11.5 Å². The number of nitriles is 1. The second-order valence-corrected chi connectivity index (χ2v) is 5.47. The SMILES string of the molecule is CCCCOCCCN/C=C(/C#N)C(=O)Nc1ccc(OC)c(OC)c1. The fourth-order valence-electron chi connectivity index (χ4n) is 2.06. The molecule has 7 heteroatoms. The van der Waals surface area contributed by atoms with E-state index < -0.39 is 5.91 Å². The zero-order valence-corrected chi connectivity index (χ0v) is 15.6. The Hall–Kier alpha value is -2.72. The molecule has 2 N–H and O–H groups in total. The summed E-state index contributed by atoms with van der Waals surface area (Å²) >= 11 is 0. The van der Waals surface area contributed by atoms with E-state index in [4.69, 9.17) is 19.5 Å². The molecule has 0 saturated heterocycles. The number of carbonyl (C=O) groups excluding carboxylic acids is 1. The highest BCUT2D eigenvalue weighted by atomic mass is 16.5. The summed E-state index contributed by atoms with van der Waals surface area (Å²) in [6.07, 6.45) is 4.39. The molecule has 1 amide bonds. The smallest absolute Gasteiger partial charge is 0.267 e. The molecule has 26 heavy (non-hydrogen) atoms. The Kier molecular flexibility index (Phi) is 10.3. The van der Waals surface area contributed by atoms with E-state index in [-0.39, 0.29) is 5.57 Å². The highest BCUT2D eigenvalue weighted by Crippen LogP contribution is 2.29. The lowest BCUT2D eigenvalue weighted by molar-refractivity contribution is -0.112. The van der Waals surface area contributed by atoms with Gasteiger partial charge in [-0.2, -0.15) is 5.26 Å². The molecule has 1 rings (SSSR count). The average Bonchev–Trinajstić information content (AvgIpc) is 2.66. The number of carbonyl (C=O) groups is 1. The third kappa shape index (κ3) is 7.45. The Labute approximate surface area is 154 Å². The van der Waals surface area contributed by atoms with Crippen LogP contribution in [0.4, 0.5) is 5.69 Å². The third-order valence-electron chi connectivity index (χ3n) is 3.50. The van der Waals surface area contributed by atoms with E-state index in [1.807, 2.05) is 6.07 Å². The summed E-state index contributed by atoms with van der Waals surface area (Å²) in [6, 6.07) is 6.88. The van der Waals surface area contributed by atoms with Gasteiger partial charge in [-0.3, -0.25) is 4.79 Å². The highest BCUT2D eigenvalue weighted by Gasteiger charge is 2.11. The number of unbranched alkanes of at least 4 members (excludes halogenated alkanes) is 1. The lowest BCUT2D eigenvalue weighted by Gasteiger charge is -2.10.